The third kappa shape index (κ3) is 4.99. The fourth-order valence-corrected chi connectivity index (χ4v) is 2.80. The summed E-state index contributed by atoms with van der Waals surface area (Å²) in [6.45, 7) is 4.34. The number of carbonyl (C=O) groups is 1. The molecule has 1 aliphatic heterocycles. The minimum Gasteiger partial charge on any atom is -0.348 e. The van der Waals surface area contributed by atoms with Crippen molar-refractivity contribution in [3.63, 3.8) is 0 Å². The first-order valence-electron chi connectivity index (χ1n) is 7.61. The number of nitrogens with one attached hydrogen (secondary N) is 1. The molecule has 21 heavy (non-hydrogen) atoms. The molecule has 4 nitrogen and oxygen atoms in total. The molecule has 1 atom stereocenters. The van der Waals surface area contributed by atoms with Gasteiger partial charge in [-0.25, -0.2) is 0 Å². The quantitative estimate of drug-likeness (QED) is 0.877. The monoisotopic (exact) mass is 309 g/mol. The van der Waals surface area contributed by atoms with Gasteiger partial charge in [0.25, 0.3) is 0 Å². The van der Waals surface area contributed by atoms with E-state index >= 15 is 0 Å². The fourth-order valence-electron chi connectivity index (χ4n) is 2.67. The lowest BCUT2D eigenvalue weighted by Gasteiger charge is -2.30. The topological polar surface area (TPSA) is 58.4 Å². The van der Waals surface area contributed by atoms with Gasteiger partial charge in [-0.3, -0.25) is 9.69 Å². The Hall–Kier alpha value is -1.10. The maximum absolute atomic E-state index is 12.2. The standard InChI is InChI=1S/C16H24ClN3O/c1-2-15(12-3-5-13(17)6-4-12)19-16(21)11-20-9-7-14(18)8-10-20/h3-6,14-15H,2,7-11,18H2,1H3,(H,19,21). The van der Waals surface area contributed by atoms with Gasteiger partial charge in [-0.1, -0.05) is 30.7 Å². The Morgan fingerprint density at radius 3 is 2.57 bits per heavy atom. The molecule has 1 aromatic carbocycles. The average Bonchev–Trinajstić information content (AvgIpc) is 2.48. The van der Waals surface area contributed by atoms with Crippen molar-refractivity contribution in [2.45, 2.75) is 38.3 Å². The molecule has 1 heterocycles. The third-order valence-electron chi connectivity index (χ3n) is 4.02. The van der Waals surface area contributed by atoms with E-state index in [9.17, 15) is 4.79 Å². The lowest BCUT2D eigenvalue weighted by Crippen LogP contribution is -2.45. The van der Waals surface area contributed by atoms with Gasteiger partial charge in [0, 0.05) is 24.2 Å². The molecule has 116 valence electrons. The number of piperidine rings is 1. The lowest BCUT2D eigenvalue weighted by molar-refractivity contribution is -0.123. The molecule has 1 saturated heterocycles. The van der Waals surface area contributed by atoms with Crippen molar-refractivity contribution in [3.05, 3.63) is 34.9 Å². The fraction of sp³-hybridized carbons (Fsp3) is 0.562. The Morgan fingerprint density at radius 1 is 1.38 bits per heavy atom. The molecule has 0 saturated carbocycles. The predicted octanol–water partition coefficient (Wildman–Crippen LogP) is 2.33. The summed E-state index contributed by atoms with van der Waals surface area (Å²) >= 11 is 5.90. The SMILES string of the molecule is CCC(NC(=O)CN1CCC(N)CC1)c1ccc(Cl)cc1. The molecule has 0 radical (unpaired) electrons. The van der Waals surface area contributed by atoms with Crippen molar-refractivity contribution in [3.8, 4) is 0 Å². The molecule has 1 fully saturated rings. The first kappa shape index (κ1) is 16.3. The minimum atomic E-state index is 0.0433. The Bertz CT molecular complexity index is 455. The smallest absolute Gasteiger partial charge is 0.234 e. The number of halogens is 1. The molecule has 1 aromatic rings. The van der Waals surface area contributed by atoms with E-state index in [-0.39, 0.29) is 11.9 Å². The van der Waals surface area contributed by atoms with Gasteiger partial charge in [-0.05, 0) is 37.0 Å². The zero-order chi connectivity index (χ0) is 15.2. The molecule has 1 unspecified atom stereocenters. The maximum Gasteiger partial charge on any atom is 0.234 e. The van der Waals surface area contributed by atoms with Crippen LogP contribution < -0.4 is 11.1 Å². The summed E-state index contributed by atoms with van der Waals surface area (Å²) in [5.41, 5.74) is 6.97. The molecule has 0 bridgehead atoms. The van der Waals surface area contributed by atoms with Crippen molar-refractivity contribution >= 4 is 17.5 Å². The van der Waals surface area contributed by atoms with E-state index in [2.05, 4.69) is 17.1 Å². The van der Waals surface area contributed by atoms with E-state index in [0.29, 0.717) is 17.6 Å². The van der Waals surface area contributed by atoms with Crippen LogP contribution in [0, 0.1) is 0 Å². The molecule has 0 aliphatic carbocycles. The van der Waals surface area contributed by atoms with Crippen LogP contribution in [0.2, 0.25) is 5.02 Å². The van der Waals surface area contributed by atoms with Gasteiger partial charge < -0.3 is 11.1 Å². The van der Waals surface area contributed by atoms with E-state index in [0.717, 1.165) is 37.9 Å². The Kier molecular flexibility index (Phi) is 6.03. The largest absolute Gasteiger partial charge is 0.348 e. The average molecular weight is 310 g/mol. The van der Waals surface area contributed by atoms with Crippen molar-refractivity contribution in [2.75, 3.05) is 19.6 Å². The summed E-state index contributed by atoms with van der Waals surface area (Å²) in [6.07, 6.45) is 2.81. The van der Waals surface area contributed by atoms with Crippen LogP contribution >= 0.6 is 11.6 Å². The molecule has 0 spiro atoms. The number of benzene rings is 1. The van der Waals surface area contributed by atoms with Crippen LogP contribution in [-0.4, -0.2) is 36.5 Å². The van der Waals surface area contributed by atoms with Gasteiger partial charge in [0.15, 0.2) is 0 Å². The summed E-state index contributed by atoms with van der Waals surface area (Å²) in [5.74, 6) is 0.0762. The molecule has 1 amide bonds. The normalized spacial score (nSPS) is 18.4. The van der Waals surface area contributed by atoms with Crippen LogP contribution in [0.25, 0.3) is 0 Å². The summed E-state index contributed by atoms with van der Waals surface area (Å²) < 4.78 is 0. The second-order valence-electron chi connectivity index (χ2n) is 5.69. The molecule has 3 N–H and O–H groups in total. The highest BCUT2D eigenvalue weighted by molar-refractivity contribution is 6.30. The van der Waals surface area contributed by atoms with Crippen LogP contribution in [0.3, 0.4) is 0 Å². The summed E-state index contributed by atoms with van der Waals surface area (Å²) in [5, 5.41) is 3.82. The van der Waals surface area contributed by atoms with Crippen molar-refractivity contribution in [1.29, 1.82) is 0 Å². The van der Waals surface area contributed by atoms with E-state index in [1.807, 2.05) is 24.3 Å². The molecule has 5 heteroatoms. The van der Waals surface area contributed by atoms with E-state index < -0.39 is 0 Å². The third-order valence-corrected chi connectivity index (χ3v) is 4.27. The number of carbonyl (C=O) groups excluding carboxylic acids is 1. The number of likely N-dealkylation sites (tertiary alicyclic amines) is 1. The molecular formula is C16H24ClN3O. The summed E-state index contributed by atoms with van der Waals surface area (Å²) in [6, 6.07) is 7.99. The van der Waals surface area contributed by atoms with Crippen molar-refractivity contribution in [1.82, 2.24) is 10.2 Å². The second-order valence-corrected chi connectivity index (χ2v) is 6.13. The highest BCUT2D eigenvalue weighted by atomic mass is 35.5. The van der Waals surface area contributed by atoms with Gasteiger partial charge in [-0.2, -0.15) is 0 Å². The van der Waals surface area contributed by atoms with Crippen LogP contribution in [0.5, 0.6) is 0 Å². The maximum atomic E-state index is 12.2. The lowest BCUT2D eigenvalue weighted by atomic mass is 10.0. The van der Waals surface area contributed by atoms with Gasteiger partial charge in [-0.15, -0.1) is 0 Å². The zero-order valence-corrected chi connectivity index (χ0v) is 13.3. The Morgan fingerprint density at radius 2 is 2.00 bits per heavy atom. The zero-order valence-electron chi connectivity index (χ0n) is 12.5. The van der Waals surface area contributed by atoms with Gasteiger partial charge in [0.1, 0.15) is 0 Å². The van der Waals surface area contributed by atoms with Crippen LogP contribution in [0.1, 0.15) is 37.8 Å². The van der Waals surface area contributed by atoms with Crippen LogP contribution in [0.15, 0.2) is 24.3 Å². The minimum absolute atomic E-state index is 0.0433. The van der Waals surface area contributed by atoms with Crippen LogP contribution in [-0.2, 0) is 4.79 Å². The second kappa shape index (κ2) is 7.78. The van der Waals surface area contributed by atoms with Gasteiger partial charge in [0.2, 0.25) is 5.91 Å². The number of nitrogens with zero attached hydrogens (tertiary/aromatic N) is 1. The first-order valence-corrected chi connectivity index (χ1v) is 7.99. The summed E-state index contributed by atoms with van der Waals surface area (Å²) in [7, 11) is 0. The van der Waals surface area contributed by atoms with Gasteiger partial charge in [0.05, 0.1) is 12.6 Å². The molecule has 0 aromatic heterocycles. The van der Waals surface area contributed by atoms with E-state index in [1.165, 1.54) is 0 Å². The highest BCUT2D eigenvalue weighted by Crippen LogP contribution is 2.19. The van der Waals surface area contributed by atoms with Crippen molar-refractivity contribution in [2.24, 2.45) is 5.73 Å². The van der Waals surface area contributed by atoms with E-state index in [4.69, 9.17) is 17.3 Å². The molecule has 1 aliphatic rings. The molecule has 2 rings (SSSR count). The first-order chi connectivity index (χ1) is 10.1. The Balaban J connectivity index is 1.86. The van der Waals surface area contributed by atoms with Crippen molar-refractivity contribution < 1.29 is 4.79 Å². The number of nitrogens with two attached hydrogens (primary N) is 1. The predicted molar refractivity (Wildman–Crippen MR) is 86.3 cm³/mol. The van der Waals surface area contributed by atoms with Crippen LogP contribution in [0.4, 0.5) is 0 Å². The Labute approximate surface area is 131 Å². The number of hydrogen-bond donors (Lipinski definition) is 2. The number of amides is 1. The van der Waals surface area contributed by atoms with Gasteiger partial charge >= 0.3 is 0 Å². The highest BCUT2D eigenvalue weighted by Gasteiger charge is 2.19. The summed E-state index contributed by atoms with van der Waals surface area (Å²) in [4.78, 5) is 14.4. The van der Waals surface area contributed by atoms with E-state index in [1.54, 1.807) is 0 Å². The number of hydrogen-bond acceptors (Lipinski definition) is 3. The molecular weight excluding hydrogens is 286 g/mol. The number of rotatable bonds is 5.